The Morgan fingerprint density at radius 3 is 2.75 bits per heavy atom. The van der Waals surface area contributed by atoms with E-state index in [-0.39, 0.29) is 5.56 Å². The van der Waals surface area contributed by atoms with Crippen molar-refractivity contribution in [3.8, 4) is 5.75 Å². The number of carbonyl (C=O) groups excluding carboxylic acids is 1. The highest BCUT2D eigenvalue weighted by atomic mass is 19.1. The molecule has 104 valence electrons. The lowest BCUT2D eigenvalue weighted by Gasteiger charge is -2.08. The van der Waals surface area contributed by atoms with Crippen molar-refractivity contribution < 1.29 is 13.9 Å². The molecule has 0 spiro atoms. The van der Waals surface area contributed by atoms with Gasteiger partial charge in [-0.3, -0.25) is 4.79 Å². The van der Waals surface area contributed by atoms with Crippen LogP contribution in [0.5, 0.6) is 5.75 Å². The van der Waals surface area contributed by atoms with Crippen LogP contribution in [0, 0.1) is 12.7 Å². The Kier molecular flexibility index (Phi) is 4.35. The van der Waals surface area contributed by atoms with Crippen LogP contribution in [0.2, 0.25) is 0 Å². The van der Waals surface area contributed by atoms with E-state index in [1.165, 1.54) is 6.07 Å². The number of hydrogen-bond acceptors (Lipinski definition) is 2. The fourth-order valence-corrected chi connectivity index (χ4v) is 1.88. The summed E-state index contributed by atoms with van der Waals surface area (Å²) in [6.07, 6.45) is 0. The van der Waals surface area contributed by atoms with Crippen molar-refractivity contribution in [2.24, 2.45) is 0 Å². The first-order valence-corrected chi connectivity index (χ1v) is 6.28. The normalized spacial score (nSPS) is 10.2. The lowest BCUT2D eigenvalue weighted by molar-refractivity contribution is 0.0946. The largest absolute Gasteiger partial charge is 0.497 e. The fourth-order valence-electron chi connectivity index (χ4n) is 1.88. The van der Waals surface area contributed by atoms with Crippen LogP contribution in [0.1, 0.15) is 21.5 Å². The summed E-state index contributed by atoms with van der Waals surface area (Å²) < 4.78 is 18.9. The summed E-state index contributed by atoms with van der Waals surface area (Å²) in [5.74, 6) is -0.178. The summed E-state index contributed by atoms with van der Waals surface area (Å²) in [5.41, 5.74) is 1.41. The second kappa shape index (κ2) is 6.19. The van der Waals surface area contributed by atoms with Gasteiger partial charge >= 0.3 is 0 Å². The van der Waals surface area contributed by atoms with Crippen LogP contribution in [0.15, 0.2) is 42.5 Å². The molecule has 0 saturated heterocycles. The number of ether oxygens (including phenoxy) is 1. The molecule has 0 bridgehead atoms. The minimum Gasteiger partial charge on any atom is -0.497 e. The minimum atomic E-state index is -0.476. The number of methoxy groups -OCH3 is 1. The first-order valence-electron chi connectivity index (χ1n) is 6.28. The lowest BCUT2D eigenvalue weighted by Crippen LogP contribution is -2.24. The van der Waals surface area contributed by atoms with Crippen LogP contribution in [0.25, 0.3) is 0 Å². The third kappa shape index (κ3) is 3.15. The van der Waals surface area contributed by atoms with Gasteiger partial charge in [-0.15, -0.1) is 0 Å². The van der Waals surface area contributed by atoms with Gasteiger partial charge < -0.3 is 10.1 Å². The first-order chi connectivity index (χ1) is 9.61. The molecule has 0 heterocycles. The summed E-state index contributed by atoms with van der Waals surface area (Å²) in [4.78, 5) is 12.0. The van der Waals surface area contributed by atoms with Crippen molar-refractivity contribution in [3.05, 3.63) is 65.0 Å². The standard InChI is InChI=1S/C16H16FNO2/c1-11-5-3-8-14(15(11)17)16(19)18-10-12-6-4-7-13(9-12)20-2/h3-9H,10H2,1-2H3,(H,18,19). The molecule has 0 saturated carbocycles. The fraction of sp³-hybridized carbons (Fsp3) is 0.188. The van der Waals surface area contributed by atoms with E-state index in [1.54, 1.807) is 26.2 Å². The Morgan fingerprint density at radius 1 is 1.25 bits per heavy atom. The van der Waals surface area contributed by atoms with Crippen LogP contribution in [-0.4, -0.2) is 13.0 Å². The van der Waals surface area contributed by atoms with Crippen molar-refractivity contribution in [2.75, 3.05) is 7.11 Å². The first kappa shape index (κ1) is 14.1. The molecule has 3 nitrogen and oxygen atoms in total. The van der Waals surface area contributed by atoms with Crippen LogP contribution >= 0.6 is 0 Å². The van der Waals surface area contributed by atoms with Gasteiger partial charge in [-0.2, -0.15) is 0 Å². The Bertz CT molecular complexity index is 626. The molecule has 0 aliphatic carbocycles. The van der Waals surface area contributed by atoms with Gasteiger partial charge in [0, 0.05) is 6.54 Å². The van der Waals surface area contributed by atoms with E-state index < -0.39 is 11.7 Å². The van der Waals surface area contributed by atoms with Crippen molar-refractivity contribution in [3.63, 3.8) is 0 Å². The second-order valence-corrected chi connectivity index (χ2v) is 4.47. The number of halogens is 1. The molecule has 20 heavy (non-hydrogen) atoms. The number of carbonyl (C=O) groups is 1. The second-order valence-electron chi connectivity index (χ2n) is 4.47. The number of benzene rings is 2. The molecule has 0 radical (unpaired) electrons. The Morgan fingerprint density at radius 2 is 2.00 bits per heavy atom. The van der Waals surface area contributed by atoms with Crippen molar-refractivity contribution >= 4 is 5.91 Å². The van der Waals surface area contributed by atoms with E-state index in [0.29, 0.717) is 12.1 Å². The molecule has 2 rings (SSSR count). The highest BCUT2D eigenvalue weighted by molar-refractivity contribution is 5.94. The van der Waals surface area contributed by atoms with Gasteiger partial charge in [0.15, 0.2) is 0 Å². The van der Waals surface area contributed by atoms with E-state index in [2.05, 4.69) is 5.32 Å². The SMILES string of the molecule is COc1cccc(CNC(=O)c2cccc(C)c2F)c1. The predicted octanol–water partition coefficient (Wildman–Crippen LogP) is 3.07. The molecule has 1 amide bonds. The Hall–Kier alpha value is -2.36. The molecule has 0 atom stereocenters. The number of rotatable bonds is 4. The molecule has 1 N–H and O–H groups in total. The van der Waals surface area contributed by atoms with Crippen molar-refractivity contribution in [2.45, 2.75) is 13.5 Å². The van der Waals surface area contributed by atoms with Gasteiger partial charge in [0.05, 0.1) is 12.7 Å². The van der Waals surface area contributed by atoms with Gasteiger partial charge in [-0.1, -0.05) is 24.3 Å². The van der Waals surface area contributed by atoms with Crippen LogP contribution in [-0.2, 0) is 6.54 Å². The zero-order valence-electron chi connectivity index (χ0n) is 11.4. The molecule has 4 heteroatoms. The quantitative estimate of drug-likeness (QED) is 0.929. The summed E-state index contributed by atoms with van der Waals surface area (Å²) in [7, 11) is 1.58. The molecule has 2 aromatic carbocycles. The van der Waals surface area contributed by atoms with Gasteiger partial charge in [0.1, 0.15) is 11.6 Å². The molecule has 2 aromatic rings. The molecule has 0 unspecified atom stereocenters. The van der Waals surface area contributed by atoms with Crippen molar-refractivity contribution in [1.29, 1.82) is 0 Å². The van der Waals surface area contributed by atoms with Crippen LogP contribution in [0.4, 0.5) is 4.39 Å². The maximum Gasteiger partial charge on any atom is 0.254 e. The van der Waals surface area contributed by atoms with E-state index in [1.807, 2.05) is 24.3 Å². The number of hydrogen-bond donors (Lipinski definition) is 1. The third-order valence-electron chi connectivity index (χ3n) is 3.02. The van der Waals surface area contributed by atoms with E-state index >= 15 is 0 Å². The molecule has 0 aliphatic heterocycles. The van der Waals surface area contributed by atoms with E-state index in [4.69, 9.17) is 4.74 Å². The monoisotopic (exact) mass is 273 g/mol. The third-order valence-corrected chi connectivity index (χ3v) is 3.02. The van der Waals surface area contributed by atoms with Gasteiger partial charge in [0.25, 0.3) is 5.91 Å². The smallest absolute Gasteiger partial charge is 0.254 e. The topological polar surface area (TPSA) is 38.3 Å². The Labute approximate surface area is 117 Å². The molecule has 0 fully saturated rings. The number of aryl methyl sites for hydroxylation is 1. The number of amides is 1. The van der Waals surface area contributed by atoms with Gasteiger partial charge in [-0.25, -0.2) is 4.39 Å². The molecule has 0 aliphatic rings. The van der Waals surface area contributed by atoms with Crippen LogP contribution < -0.4 is 10.1 Å². The summed E-state index contributed by atoms with van der Waals surface area (Å²) in [5, 5.41) is 2.70. The maximum absolute atomic E-state index is 13.8. The minimum absolute atomic E-state index is 0.0629. The highest BCUT2D eigenvalue weighted by Crippen LogP contribution is 2.14. The maximum atomic E-state index is 13.8. The predicted molar refractivity (Wildman–Crippen MR) is 75.3 cm³/mol. The van der Waals surface area contributed by atoms with Gasteiger partial charge in [-0.05, 0) is 36.2 Å². The summed E-state index contributed by atoms with van der Waals surface area (Å²) in [6.45, 7) is 1.96. The van der Waals surface area contributed by atoms with E-state index in [0.717, 1.165) is 11.3 Å². The Balaban J connectivity index is 2.06. The lowest BCUT2D eigenvalue weighted by atomic mass is 10.1. The molecular weight excluding hydrogens is 257 g/mol. The van der Waals surface area contributed by atoms with Gasteiger partial charge in [0.2, 0.25) is 0 Å². The average molecular weight is 273 g/mol. The van der Waals surface area contributed by atoms with E-state index in [9.17, 15) is 9.18 Å². The molecular formula is C16H16FNO2. The summed E-state index contributed by atoms with van der Waals surface area (Å²) >= 11 is 0. The highest BCUT2D eigenvalue weighted by Gasteiger charge is 2.12. The zero-order valence-corrected chi connectivity index (χ0v) is 11.4. The average Bonchev–Trinajstić information content (AvgIpc) is 2.48. The summed E-state index contributed by atoms with van der Waals surface area (Å²) in [6, 6.07) is 12.1. The van der Waals surface area contributed by atoms with Crippen molar-refractivity contribution in [1.82, 2.24) is 5.32 Å². The van der Waals surface area contributed by atoms with Crippen LogP contribution in [0.3, 0.4) is 0 Å². The number of nitrogens with one attached hydrogen (secondary N) is 1. The molecule has 0 aromatic heterocycles. The zero-order chi connectivity index (χ0) is 14.5.